The lowest BCUT2D eigenvalue weighted by Crippen LogP contribution is -2.41. The van der Waals surface area contributed by atoms with Gasteiger partial charge in [-0.3, -0.25) is 14.7 Å². The van der Waals surface area contributed by atoms with Crippen molar-refractivity contribution >= 4 is 17.6 Å². The first kappa shape index (κ1) is 19.6. The van der Waals surface area contributed by atoms with Gasteiger partial charge in [0.1, 0.15) is 0 Å². The highest BCUT2D eigenvalue weighted by Crippen LogP contribution is 2.39. The minimum Gasteiger partial charge on any atom is -0.481 e. The van der Waals surface area contributed by atoms with Crippen molar-refractivity contribution in [3.05, 3.63) is 64.4 Å². The molecular formula is C19H18ClF3N2O2. The molecule has 1 aromatic carbocycles. The van der Waals surface area contributed by atoms with Crippen molar-refractivity contribution in [3.63, 3.8) is 0 Å². The van der Waals surface area contributed by atoms with E-state index in [2.05, 4.69) is 4.98 Å². The second-order valence-corrected chi connectivity index (χ2v) is 7.00. The summed E-state index contributed by atoms with van der Waals surface area (Å²) in [5, 5.41) is 9.00. The summed E-state index contributed by atoms with van der Waals surface area (Å²) in [7, 11) is 0. The average Bonchev–Trinajstić information content (AvgIpc) is 2.63. The Morgan fingerprint density at radius 2 is 1.93 bits per heavy atom. The van der Waals surface area contributed by atoms with Gasteiger partial charge >= 0.3 is 12.1 Å². The Hall–Kier alpha value is -2.12. The number of likely N-dealkylation sites (tertiary alicyclic amines) is 1. The third kappa shape index (κ3) is 4.42. The maximum absolute atomic E-state index is 13.3. The number of rotatable bonds is 4. The molecule has 1 aromatic heterocycles. The lowest BCUT2D eigenvalue weighted by molar-refractivity contribution is -0.143. The minimum atomic E-state index is -4.57. The maximum Gasteiger partial charge on any atom is 0.417 e. The average molecular weight is 399 g/mol. The molecule has 0 amide bonds. The van der Waals surface area contributed by atoms with Crippen molar-refractivity contribution in [2.45, 2.75) is 25.1 Å². The van der Waals surface area contributed by atoms with Crippen molar-refractivity contribution in [3.8, 4) is 0 Å². The first-order chi connectivity index (χ1) is 12.8. The highest BCUT2D eigenvalue weighted by atomic mass is 35.5. The van der Waals surface area contributed by atoms with Crippen LogP contribution in [0.2, 0.25) is 5.02 Å². The van der Waals surface area contributed by atoms with Gasteiger partial charge in [-0.05, 0) is 54.8 Å². The van der Waals surface area contributed by atoms with Crippen LogP contribution in [0.3, 0.4) is 0 Å². The summed E-state index contributed by atoms with van der Waals surface area (Å²) in [6.45, 7) is 0.868. The third-order valence-electron chi connectivity index (χ3n) is 4.80. The lowest BCUT2D eigenvalue weighted by Gasteiger charge is -2.37. The zero-order chi connectivity index (χ0) is 19.6. The Bertz CT molecular complexity index is 814. The molecule has 1 N–H and O–H groups in total. The predicted molar refractivity (Wildman–Crippen MR) is 94.5 cm³/mol. The quantitative estimate of drug-likeness (QED) is 0.815. The number of halogens is 4. The fourth-order valence-corrected chi connectivity index (χ4v) is 3.76. The van der Waals surface area contributed by atoms with Crippen LogP contribution >= 0.6 is 11.6 Å². The van der Waals surface area contributed by atoms with Crippen molar-refractivity contribution in [1.29, 1.82) is 0 Å². The Kier molecular flexibility index (Phi) is 5.72. The normalized spacial score (nSPS) is 19.6. The monoisotopic (exact) mass is 398 g/mol. The summed E-state index contributed by atoms with van der Waals surface area (Å²) >= 11 is 5.76. The van der Waals surface area contributed by atoms with Gasteiger partial charge in [-0.2, -0.15) is 13.2 Å². The molecule has 0 aliphatic carbocycles. The zero-order valence-corrected chi connectivity index (χ0v) is 15.0. The molecule has 1 aliphatic rings. The van der Waals surface area contributed by atoms with Crippen molar-refractivity contribution in [1.82, 2.24) is 9.88 Å². The summed E-state index contributed by atoms with van der Waals surface area (Å²) in [6, 6.07) is 6.82. The van der Waals surface area contributed by atoms with Crippen LogP contribution in [0, 0.1) is 5.92 Å². The van der Waals surface area contributed by atoms with Gasteiger partial charge in [-0.25, -0.2) is 0 Å². The van der Waals surface area contributed by atoms with Crippen LogP contribution in [-0.4, -0.2) is 34.0 Å². The summed E-state index contributed by atoms with van der Waals surface area (Å²) in [5.41, 5.74) is 0.281. The molecule has 144 valence electrons. The molecule has 4 nitrogen and oxygen atoms in total. The van der Waals surface area contributed by atoms with E-state index >= 15 is 0 Å². The molecular weight excluding hydrogens is 381 g/mol. The number of carboxylic acids is 1. The fraction of sp³-hybridized carbons (Fsp3) is 0.368. The Morgan fingerprint density at radius 3 is 2.56 bits per heavy atom. The second-order valence-electron chi connectivity index (χ2n) is 6.59. The number of carbonyl (C=O) groups is 1. The highest BCUT2D eigenvalue weighted by molar-refractivity contribution is 6.31. The van der Waals surface area contributed by atoms with E-state index in [4.69, 9.17) is 11.6 Å². The largest absolute Gasteiger partial charge is 0.481 e. The van der Waals surface area contributed by atoms with E-state index in [1.54, 1.807) is 30.6 Å². The van der Waals surface area contributed by atoms with Gasteiger partial charge in [0.25, 0.3) is 0 Å². The second kappa shape index (κ2) is 7.86. The zero-order valence-electron chi connectivity index (χ0n) is 14.3. The Morgan fingerprint density at radius 1 is 1.22 bits per heavy atom. The number of aromatic nitrogens is 1. The van der Waals surface area contributed by atoms with Gasteiger partial charge in [0, 0.05) is 18.9 Å². The highest BCUT2D eigenvalue weighted by Gasteiger charge is 2.36. The molecule has 1 saturated heterocycles. The fourth-order valence-electron chi connectivity index (χ4n) is 3.53. The van der Waals surface area contributed by atoms with Gasteiger partial charge < -0.3 is 5.11 Å². The first-order valence-corrected chi connectivity index (χ1v) is 8.88. The molecule has 2 aromatic rings. The number of alkyl halides is 3. The van der Waals surface area contributed by atoms with Crippen LogP contribution in [0.1, 0.15) is 35.6 Å². The molecule has 8 heteroatoms. The van der Waals surface area contributed by atoms with Gasteiger partial charge in [0.15, 0.2) is 0 Å². The number of hydrogen-bond donors (Lipinski definition) is 1. The molecule has 1 aliphatic heterocycles. The molecule has 0 bridgehead atoms. The lowest BCUT2D eigenvalue weighted by atomic mass is 9.91. The summed E-state index contributed by atoms with van der Waals surface area (Å²) in [4.78, 5) is 17.3. The van der Waals surface area contributed by atoms with E-state index in [1.807, 2.05) is 4.90 Å². The summed E-state index contributed by atoms with van der Waals surface area (Å²) < 4.78 is 40.0. The summed E-state index contributed by atoms with van der Waals surface area (Å²) in [5.74, 6) is -1.43. The van der Waals surface area contributed by atoms with Crippen LogP contribution < -0.4 is 0 Å². The summed E-state index contributed by atoms with van der Waals surface area (Å²) in [6.07, 6.45) is -0.202. The molecule has 2 unspecified atom stereocenters. The van der Waals surface area contributed by atoms with Crippen molar-refractivity contribution in [2.24, 2.45) is 5.92 Å². The number of nitrogens with zero attached hydrogens (tertiary/aromatic N) is 2. The molecule has 1 fully saturated rings. The molecule has 2 atom stereocenters. The van der Waals surface area contributed by atoms with Crippen LogP contribution in [0.4, 0.5) is 13.2 Å². The van der Waals surface area contributed by atoms with Crippen LogP contribution in [0.5, 0.6) is 0 Å². The van der Waals surface area contributed by atoms with E-state index < -0.39 is 29.7 Å². The molecule has 27 heavy (non-hydrogen) atoms. The van der Waals surface area contributed by atoms with Gasteiger partial charge in [-0.15, -0.1) is 0 Å². The van der Waals surface area contributed by atoms with Crippen LogP contribution in [0.25, 0.3) is 0 Å². The molecule has 0 radical (unpaired) electrons. The van der Waals surface area contributed by atoms with Gasteiger partial charge in [-0.1, -0.05) is 17.7 Å². The molecule has 0 spiro atoms. The number of pyridine rings is 1. The van der Waals surface area contributed by atoms with Crippen LogP contribution in [0.15, 0.2) is 42.7 Å². The van der Waals surface area contributed by atoms with Crippen molar-refractivity contribution in [2.75, 3.05) is 13.1 Å². The SMILES string of the molecule is O=C(O)C1CCCN(C(c2ccncc2)c2ccc(Cl)c(C(F)(F)F)c2)C1. The smallest absolute Gasteiger partial charge is 0.417 e. The minimum absolute atomic E-state index is 0.270. The molecule has 0 saturated carbocycles. The number of carboxylic acid groups (broad SMARTS) is 1. The first-order valence-electron chi connectivity index (χ1n) is 8.51. The van der Waals surface area contributed by atoms with E-state index in [0.717, 1.165) is 11.6 Å². The predicted octanol–water partition coefficient (Wildman–Crippen LogP) is 4.64. The van der Waals surface area contributed by atoms with E-state index in [-0.39, 0.29) is 11.6 Å². The topological polar surface area (TPSA) is 53.4 Å². The van der Waals surface area contributed by atoms with E-state index in [9.17, 15) is 23.1 Å². The third-order valence-corrected chi connectivity index (χ3v) is 5.13. The maximum atomic E-state index is 13.3. The molecule has 3 rings (SSSR count). The Balaban J connectivity index is 2.05. The number of hydrogen-bond acceptors (Lipinski definition) is 3. The number of piperidine rings is 1. The van der Waals surface area contributed by atoms with Gasteiger partial charge in [0.05, 0.1) is 22.5 Å². The molecule has 2 heterocycles. The van der Waals surface area contributed by atoms with Gasteiger partial charge in [0.2, 0.25) is 0 Å². The standard InChI is InChI=1S/C19H18ClF3N2O2/c20-16-4-3-13(10-15(16)19(21,22)23)17(12-5-7-24-8-6-12)25-9-1-2-14(11-25)18(26)27/h3-8,10,14,17H,1-2,9,11H2,(H,26,27). The number of aliphatic carboxylic acids is 1. The van der Waals surface area contributed by atoms with E-state index in [1.165, 1.54) is 6.07 Å². The van der Waals surface area contributed by atoms with E-state index in [0.29, 0.717) is 24.9 Å². The van der Waals surface area contributed by atoms with Crippen molar-refractivity contribution < 1.29 is 23.1 Å². The number of benzene rings is 1. The Labute approximate surface area is 159 Å². The van der Waals surface area contributed by atoms with Crippen LogP contribution in [-0.2, 0) is 11.0 Å².